The molecule has 1 amide bonds. The van der Waals surface area contributed by atoms with Gasteiger partial charge in [-0.25, -0.2) is 4.79 Å². The maximum atomic E-state index is 11.4. The van der Waals surface area contributed by atoms with Crippen LogP contribution in [0.1, 0.15) is 6.42 Å². The van der Waals surface area contributed by atoms with Crippen LogP contribution in [-0.4, -0.2) is 29.9 Å². The van der Waals surface area contributed by atoms with Gasteiger partial charge in [-0.1, -0.05) is 0 Å². The van der Waals surface area contributed by atoms with E-state index in [0.29, 0.717) is 18.8 Å². The third kappa shape index (κ3) is 2.95. The fourth-order valence-electron chi connectivity index (χ4n) is 1.02. The smallest absolute Gasteiger partial charge is 0.415 e. The standard InChI is InChI=1S/C10H11N3O2/c1-3-4-8-13(10(14)15-2)9-6-5-7-11-12-9/h1,5-7H,4,8H2,2H3. The van der Waals surface area contributed by atoms with Crippen molar-refractivity contribution in [2.75, 3.05) is 18.6 Å². The van der Waals surface area contributed by atoms with E-state index in [1.54, 1.807) is 12.1 Å². The lowest BCUT2D eigenvalue weighted by Crippen LogP contribution is -2.32. The van der Waals surface area contributed by atoms with Gasteiger partial charge < -0.3 is 4.74 Å². The lowest BCUT2D eigenvalue weighted by atomic mass is 10.4. The van der Waals surface area contributed by atoms with E-state index < -0.39 is 6.09 Å². The fraction of sp³-hybridized carbons (Fsp3) is 0.300. The monoisotopic (exact) mass is 205 g/mol. The number of hydrogen-bond acceptors (Lipinski definition) is 4. The molecule has 5 nitrogen and oxygen atoms in total. The van der Waals surface area contributed by atoms with Gasteiger partial charge in [-0.05, 0) is 12.1 Å². The number of carbonyl (C=O) groups is 1. The minimum atomic E-state index is -0.495. The lowest BCUT2D eigenvalue weighted by Gasteiger charge is -2.17. The quantitative estimate of drug-likeness (QED) is 0.693. The first-order valence-corrected chi connectivity index (χ1v) is 4.36. The van der Waals surface area contributed by atoms with E-state index in [2.05, 4.69) is 20.9 Å². The van der Waals surface area contributed by atoms with Crippen molar-refractivity contribution >= 4 is 11.9 Å². The van der Waals surface area contributed by atoms with Gasteiger partial charge in [0.15, 0.2) is 5.82 Å². The van der Waals surface area contributed by atoms with E-state index in [-0.39, 0.29) is 0 Å². The highest BCUT2D eigenvalue weighted by atomic mass is 16.5. The molecule has 1 rings (SSSR count). The van der Waals surface area contributed by atoms with Crippen LogP contribution in [-0.2, 0) is 4.74 Å². The molecule has 1 heterocycles. The summed E-state index contributed by atoms with van der Waals surface area (Å²) < 4.78 is 4.61. The van der Waals surface area contributed by atoms with Gasteiger partial charge in [-0.3, -0.25) is 4.90 Å². The van der Waals surface area contributed by atoms with Crippen molar-refractivity contribution in [2.24, 2.45) is 0 Å². The summed E-state index contributed by atoms with van der Waals surface area (Å²) in [6, 6.07) is 3.36. The zero-order valence-corrected chi connectivity index (χ0v) is 8.38. The third-order valence-electron chi connectivity index (χ3n) is 1.71. The van der Waals surface area contributed by atoms with Crippen molar-refractivity contribution in [3.8, 4) is 12.3 Å². The van der Waals surface area contributed by atoms with Crippen molar-refractivity contribution in [1.82, 2.24) is 10.2 Å². The van der Waals surface area contributed by atoms with Crippen LogP contribution in [0.25, 0.3) is 0 Å². The van der Waals surface area contributed by atoms with Gasteiger partial charge in [-0.15, -0.1) is 17.4 Å². The zero-order valence-electron chi connectivity index (χ0n) is 8.38. The van der Waals surface area contributed by atoms with Crippen LogP contribution in [0.5, 0.6) is 0 Å². The van der Waals surface area contributed by atoms with Gasteiger partial charge in [0.05, 0.1) is 7.11 Å². The summed E-state index contributed by atoms with van der Waals surface area (Å²) in [7, 11) is 1.31. The second-order valence-corrected chi connectivity index (χ2v) is 2.66. The highest BCUT2D eigenvalue weighted by molar-refractivity contribution is 5.86. The second-order valence-electron chi connectivity index (χ2n) is 2.66. The van der Waals surface area contributed by atoms with E-state index in [0.717, 1.165) is 0 Å². The molecule has 0 spiro atoms. The summed E-state index contributed by atoms with van der Waals surface area (Å²) in [5.41, 5.74) is 0. The lowest BCUT2D eigenvalue weighted by molar-refractivity contribution is 0.178. The summed E-state index contributed by atoms with van der Waals surface area (Å²) in [5.74, 6) is 2.88. The Labute approximate surface area is 88.1 Å². The maximum absolute atomic E-state index is 11.4. The molecule has 0 saturated heterocycles. The van der Waals surface area contributed by atoms with Crippen LogP contribution in [0.15, 0.2) is 18.3 Å². The zero-order chi connectivity index (χ0) is 11.1. The number of carbonyl (C=O) groups excluding carboxylic acids is 1. The van der Waals surface area contributed by atoms with E-state index in [9.17, 15) is 4.79 Å². The molecule has 0 aromatic carbocycles. The number of aromatic nitrogens is 2. The van der Waals surface area contributed by atoms with Gasteiger partial charge in [0.2, 0.25) is 0 Å². The van der Waals surface area contributed by atoms with Gasteiger partial charge in [0.1, 0.15) is 0 Å². The van der Waals surface area contributed by atoms with Gasteiger partial charge in [-0.2, -0.15) is 5.10 Å². The molecule has 0 atom stereocenters. The molecule has 0 aliphatic rings. The summed E-state index contributed by atoms with van der Waals surface area (Å²) in [6.07, 6.45) is 6.60. The number of anilines is 1. The normalized spacial score (nSPS) is 9.07. The molecule has 0 bridgehead atoms. The first-order valence-electron chi connectivity index (χ1n) is 4.36. The molecule has 1 aromatic rings. The molecule has 0 fully saturated rings. The molecule has 0 aliphatic carbocycles. The number of rotatable bonds is 3. The minimum absolute atomic E-state index is 0.363. The highest BCUT2D eigenvalue weighted by Crippen LogP contribution is 2.09. The average molecular weight is 205 g/mol. The summed E-state index contributed by atoms with van der Waals surface area (Å²) >= 11 is 0. The van der Waals surface area contributed by atoms with Gasteiger partial charge in [0, 0.05) is 19.2 Å². The predicted octanol–water partition coefficient (Wildman–Crippen LogP) is 1.07. The minimum Gasteiger partial charge on any atom is -0.452 e. The molecular weight excluding hydrogens is 194 g/mol. The Kier molecular flexibility index (Phi) is 4.10. The van der Waals surface area contributed by atoms with Crippen molar-refractivity contribution in [3.05, 3.63) is 18.3 Å². The molecular formula is C10H11N3O2. The van der Waals surface area contributed by atoms with E-state index in [4.69, 9.17) is 6.42 Å². The Morgan fingerprint density at radius 3 is 3.07 bits per heavy atom. The number of ether oxygens (including phenoxy) is 1. The molecule has 0 aliphatic heterocycles. The Morgan fingerprint density at radius 2 is 2.53 bits per heavy atom. The van der Waals surface area contributed by atoms with Crippen LogP contribution in [0, 0.1) is 12.3 Å². The Morgan fingerprint density at radius 1 is 1.73 bits per heavy atom. The fourth-order valence-corrected chi connectivity index (χ4v) is 1.02. The first kappa shape index (κ1) is 11.0. The number of terminal acetylenes is 1. The molecule has 0 unspecified atom stereocenters. The summed E-state index contributed by atoms with van der Waals surface area (Å²) in [6.45, 7) is 0.363. The number of amides is 1. The SMILES string of the molecule is C#CCCN(C(=O)OC)c1cccnn1. The van der Waals surface area contributed by atoms with Crippen LogP contribution < -0.4 is 4.90 Å². The average Bonchev–Trinajstić information content (AvgIpc) is 2.30. The molecule has 15 heavy (non-hydrogen) atoms. The molecule has 1 aromatic heterocycles. The molecule has 5 heteroatoms. The van der Waals surface area contributed by atoms with Gasteiger partial charge in [0.25, 0.3) is 0 Å². The molecule has 0 N–H and O–H groups in total. The van der Waals surface area contributed by atoms with Crippen molar-refractivity contribution in [3.63, 3.8) is 0 Å². The van der Waals surface area contributed by atoms with Crippen LogP contribution in [0.2, 0.25) is 0 Å². The number of nitrogens with zero attached hydrogens (tertiary/aromatic N) is 3. The molecule has 0 saturated carbocycles. The van der Waals surface area contributed by atoms with Gasteiger partial charge >= 0.3 is 6.09 Å². The topological polar surface area (TPSA) is 55.3 Å². The van der Waals surface area contributed by atoms with Crippen molar-refractivity contribution in [1.29, 1.82) is 0 Å². The van der Waals surface area contributed by atoms with Crippen molar-refractivity contribution < 1.29 is 9.53 Å². The highest BCUT2D eigenvalue weighted by Gasteiger charge is 2.16. The van der Waals surface area contributed by atoms with E-state index >= 15 is 0 Å². The van der Waals surface area contributed by atoms with Crippen LogP contribution in [0.4, 0.5) is 10.6 Å². The maximum Gasteiger partial charge on any atom is 0.415 e. The Balaban J connectivity index is 2.82. The Hall–Kier alpha value is -2.09. The number of methoxy groups -OCH3 is 1. The van der Waals surface area contributed by atoms with Crippen molar-refractivity contribution in [2.45, 2.75) is 6.42 Å². The van der Waals surface area contributed by atoms with E-state index in [1.165, 1.54) is 18.2 Å². The molecule has 0 radical (unpaired) electrons. The van der Waals surface area contributed by atoms with E-state index in [1.807, 2.05) is 0 Å². The number of hydrogen-bond donors (Lipinski definition) is 0. The van der Waals surface area contributed by atoms with Crippen LogP contribution >= 0.6 is 0 Å². The van der Waals surface area contributed by atoms with Crippen LogP contribution in [0.3, 0.4) is 0 Å². The second kappa shape index (κ2) is 5.60. The summed E-state index contributed by atoms with van der Waals surface area (Å²) in [5, 5.41) is 7.49. The first-order chi connectivity index (χ1) is 7.29. The third-order valence-corrected chi connectivity index (χ3v) is 1.71. The molecule has 78 valence electrons. The largest absolute Gasteiger partial charge is 0.452 e. The summed E-state index contributed by atoms with van der Waals surface area (Å²) in [4.78, 5) is 12.7. The predicted molar refractivity (Wildman–Crippen MR) is 55.2 cm³/mol. The Bertz CT molecular complexity index is 359.